The molecule has 1 amide bonds. The van der Waals surface area contributed by atoms with Crippen molar-refractivity contribution in [2.24, 2.45) is 0 Å². The molecular weight excluding hydrogens is 318 g/mol. The van der Waals surface area contributed by atoms with E-state index in [4.69, 9.17) is 5.26 Å². The van der Waals surface area contributed by atoms with Crippen LogP contribution in [0.2, 0.25) is 0 Å². The van der Waals surface area contributed by atoms with Gasteiger partial charge in [-0.15, -0.1) is 0 Å². The minimum atomic E-state index is -0.692. The summed E-state index contributed by atoms with van der Waals surface area (Å²) < 4.78 is 1.50. The highest BCUT2D eigenvalue weighted by Crippen LogP contribution is 2.27. The molecule has 0 saturated heterocycles. The highest BCUT2D eigenvalue weighted by atomic mass is 16.3. The zero-order chi connectivity index (χ0) is 18.6. The van der Waals surface area contributed by atoms with Gasteiger partial charge in [0, 0.05) is 18.2 Å². The van der Waals surface area contributed by atoms with Crippen LogP contribution in [0.1, 0.15) is 48.4 Å². The molecule has 1 atom stereocenters. The van der Waals surface area contributed by atoms with Gasteiger partial charge in [0.25, 0.3) is 5.91 Å². The van der Waals surface area contributed by atoms with Crippen molar-refractivity contribution in [1.29, 1.82) is 10.5 Å². The zero-order valence-electron chi connectivity index (χ0n) is 14.3. The van der Waals surface area contributed by atoms with E-state index in [1.54, 1.807) is 31.2 Å². The van der Waals surface area contributed by atoms with E-state index in [2.05, 4.69) is 16.5 Å². The fraction of sp³-hybridized carbons (Fsp3) is 0.333. The molecule has 2 N–H and O–H groups in total. The van der Waals surface area contributed by atoms with E-state index in [1.807, 2.05) is 19.9 Å². The van der Waals surface area contributed by atoms with Gasteiger partial charge >= 0.3 is 0 Å². The number of nitrogens with zero attached hydrogens (tertiary/aromatic N) is 4. The summed E-state index contributed by atoms with van der Waals surface area (Å²) in [5.74, 6) is -0.460. The van der Waals surface area contributed by atoms with E-state index in [1.165, 1.54) is 4.68 Å². The van der Waals surface area contributed by atoms with Crippen LogP contribution < -0.4 is 5.32 Å². The van der Waals surface area contributed by atoms with Crippen molar-refractivity contribution in [3.63, 3.8) is 0 Å². The third-order valence-corrected chi connectivity index (χ3v) is 3.57. The number of rotatable bonds is 5. The Balaban J connectivity index is 2.55. The molecule has 25 heavy (non-hydrogen) atoms. The first kappa shape index (κ1) is 18.2. The van der Waals surface area contributed by atoms with Crippen LogP contribution in [0.5, 0.6) is 0 Å². The van der Waals surface area contributed by atoms with Crippen LogP contribution in [0.25, 0.3) is 11.3 Å². The third kappa shape index (κ3) is 3.85. The minimum Gasteiger partial charge on any atom is -0.392 e. The number of aliphatic hydroxyl groups is 1. The van der Waals surface area contributed by atoms with Crippen molar-refractivity contribution in [2.45, 2.75) is 32.9 Å². The second kappa shape index (κ2) is 7.61. The number of hydrogen-bond donors (Lipinski definition) is 2. The largest absolute Gasteiger partial charge is 0.392 e. The van der Waals surface area contributed by atoms with Crippen LogP contribution in [0.3, 0.4) is 0 Å². The first-order valence-electron chi connectivity index (χ1n) is 7.88. The molecule has 0 bridgehead atoms. The molecule has 1 aromatic heterocycles. The van der Waals surface area contributed by atoms with E-state index in [-0.39, 0.29) is 23.8 Å². The monoisotopic (exact) mass is 337 g/mol. The first-order valence-corrected chi connectivity index (χ1v) is 7.88. The molecule has 1 heterocycles. The van der Waals surface area contributed by atoms with Crippen LogP contribution in [0, 0.1) is 22.7 Å². The number of aromatic nitrogens is 2. The maximum absolute atomic E-state index is 12.5. The van der Waals surface area contributed by atoms with Crippen molar-refractivity contribution in [1.82, 2.24) is 15.1 Å². The molecule has 128 valence electrons. The van der Waals surface area contributed by atoms with Crippen LogP contribution in [0.15, 0.2) is 24.3 Å². The van der Waals surface area contributed by atoms with Gasteiger partial charge in [0.2, 0.25) is 0 Å². The smallest absolute Gasteiger partial charge is 0.271 e. The van der Waals surface area contributed by atoms with Gasteiger partial charge in [0.1, 0.15) is 23.0 Å². The average molecular weight is 337 g/mol. The molecule has 2 rings (SSSR count). The Labute approximate surface area is 146 Å². The maximum Gasteiger partial charge on any atom is 0.271 e. The number of amides is 1. The molecule has 0 aliphatic heterocycles. The summed E-state index contributed by atoms with van der Waals surface area (Å²) in [7, 11) is 0. The van der Waals surface area contributed by atoms with Gasteiger partial charge in [-0.2, -0.15) is 15.6 Å². The lowest BCUT2D eigenvalue weighted by Crippen LogP contribution is -2.33. The lowest BCUT2D eigenvalue weighted by atomic mass is 10.0. The Kier molecular flexibility index (Phi) is 5.53. The van der Waals surface area contributed by atoms with Crippen molar-refractivity contribution in [3.05, 3.63) is 41.1 Å². The van der Waals surface area contributed by atoms with Crippen LogP contribution in [-0.4, -0.2) is 33.4 Å². The van der Waals surface area contributed by atoms with E-state index in [9.17, 15) is 15.2 Å². The molecule has 0 spiro atoms. The summed E-state index contributed by atoms with van der Waals surface area (Å²) in [5.41, 5.74) is 1.88. The first-order chi connectivity index (χ1) is 11.9. The molecular formula is C18H19N5O2. The van der Waals surface area contributed by atoms with Crippen LogP contribution in [-0.2, 0) is 0 Å². The number of nitriles is 2. The van der Waals surface area contributed by atoms with Gasteiger partial charge < -0.3 is 10.4 Å². The Morgan fingerprint density at radius 3 is 2.36 bits per heavy atom. The number of hydrogen-bond acceptors (Lipinski definition) is 5. The fourth-order valence-electron chi connectivity index (χ4n) is 2.36. The summed E-state index contributed by atoms with van der Waals surface area (Å²) >= 11 is 0. The second-order valence-corrected chi connectivity index (χ2v) is 5.97. The summed E-state index contributed by atoms with van der Waals surface area (Å²) in [5, 5.41) is 34.9. The summed E-state index contributed by atoms with van der Waals surface area (Å²) in [6.07, 6.45) is -0.692. The topological polar surface area (TPSA) is 115 Å². The molecule has 0 saturated carbocycles. The van der Waals surface area contributed by atoms with Gasteiger partial charge in [0.15, 0.2) is 0 Å². The number of nitrogens with one attached hydrogen (secondary N) is 1. The predicted octanol–water partition coefficient (Wildman–Crippen LogP) is 1.98. The zero-order valence-corrected chi connectivity index (χ0v) is 14.3. The van der Waals surface area contributed by atoms with Crippen LogP contribution in [0.4, 0.5) is 0 Å². The molecule has 0 fully saturated rings. The van der Waals surface area contributed by atoms with Crippen molar-refractivity contribution >= 4 is 5.91 Å². The Morgan fingerprint density at radius 2 is 1.88 bits per heavy atom. The quantitative estimate of drug-likeness (QED) is 0.866. The molecule has 2 aromatic rings. The number of aliphatic hydroxyl groups excluding tert-OH is 1. The summed E-state index contributed by atoms with van der Waals surface area (Å²) in [6.45, 7) is 5.37. The van der Waals surface area contributed by atoms with Gasteiger partial charge in [-0.05, 0) is 32.9 Å². The Hall–Kier alpha value is -3.16. The normalized spacial score (nSPS) is 11.6. The molecule has 1 aromatic carbocycles. The highest BCUT2D eigenvalue weighted by Gasteiger charge is 2.25. The van der Waals surface area contributed by atoms with E-state index in [0.717, 1.165) is 0 Å². The maximum atomic E-state index is 12.5. The molecule has 0 aliphatic rings. The lowest BCUT2D eigenvalue weighted by molar-refractivity contribution is 0.0911. The lowest BCUT2D eigenvalue weighted by Gasteiger charge is -2.12. The predicted molar refractivity (Wildman–Crippen MR) is 91.5 cm³/mol. The molecule has 0 unspecified atom stereocenters. The Morgan fingerprint density at radius 1 is 1.24 bits per heavy atom. The third-order valence-electron chi connectivity index (χ3n) is 3.57. The second-order valence-electron chi connectivity index (χ2n) is 5.97. The summed E-state index contributed by atoms with van der Waals surface area (Å²) in [4.78, 5) is 12.5. The number of carbonyl (C=O) groups is 1. The summed E-state index contributed by atoms with van der Waals surface area (Å²) in [6, 6.07) is 10.6. The van der Waals surface area contributed by atoms with Gasteiger partial charge in [-0.1, -0.05) is 12.1 Å². The van der Waals surface area contributed by atoms with E-state index in [0.29, 0.717) is 16.8 Å². The van der Waals surface area contributed by atoms with Gasteiger partial charge in [-0.25, -0.2) is 0 Å². The van der Waals surface area contributed by atoms with E-state index >= 15 is 0 Å². The van der Waals surface area contributed by atoms with Crippen LogP contribution >= 0.6 is 0 Å². The van der Waals surface area contributed by atoms with E-state index < -0.39 is 12.0 Å². The standard InChI is InChI=1S/C18H19N5O2/c1-11(2)23-17(18(25)21-10-12(3)24)15(9-20)16(22-23)14-6-4-13(8-19)5-7-14/h4-7,11-12,24H,10H2,1-3H3,(H,21,25)/t12-/m1/s1. The molecule has 7 nitrogen and oxygen atoms in total. The highest BCUT2D eigenvalue weighted by molar-refractivity contribution is 5.97. The Bertz CT molecular complexity index is 851. The van der Waals surface area contributed by atoms with Gasteiger partial charge in [-0.3, -0.25) is 9.48 Å². The molecule has 0 radical (unpaired) electrons. The minimum absolute atomic E-state index is 0.0825. The molecule has 7 heteroatoms. The van der Waals surface area contributed by atoms with Crippen molar-refractivity contribution < 1.29 is 9.90 Å². The van der Waals surface area contributed by atoms with Gasteiger partial charge in [0.05, 0.1) is 17.7 Å². The van der Waals surface area contributed by atoms with Crippen molar-refractivity contribution in [2.75, 3.05) is 6.54 Å². The molecule has 0 aliphatic carbocycles. The average Bonchev–Trinajstić information content (AvgIpc) is 2.99. The fourth-order valence-corrected chi connectivity index (χ4v) is 2.36. The number of benzene rings is 1. The SMILES string of the molecule is CC(C)n1nc(-c2ccc(C#N)cc2)c(C#N)c1C(=O)NC[C@@H](C)O. The number of carbonyl (C=O) groups excluding carboxylic acids is 1. The van der Waals surface area contributed by atoms with Crippen molar-refractivity contribution in [3.8, 4) is 23.4 Å².